The fraction of sp³-hybridized carbons (Fsp3) is 0.213. The highest BCUT2D eigenvalue weighted by Crippen LogP contribution is 2.69. The Hall–Kier alpha value is -6.01. The lowest BCUT2D eigenvalue weighted by Gasteiger charge is -2.60. The number of hydrogen-bond acceptors (Lipinski definition) is 6. The molecule has 6 nitrogen and oxygen atoms in total. The molecule has 0 aliphatic heterocycles. The minimum absolute atomic E-state index is 0.0422. The van der Waals surface area contributed by atoms with E-state index in [-0.39, 0.29) is 5.41 Å². The summed E-state index contributed by atoms with van der Waals surface area (Å²) in [7, 11) is 0. The Morgan fingerprint density at radius 2 is 1.21 bits per heavy atom. The lowest BCUT2D eigenvalue weighted by atomic mass is 9.43. The van der Waals surface area contributed by atoms with Crippen molar-refractivity contribution in [3.63, 3.8) is 0 Å². The van der Waals surface area contributed by atoms with Crippen molar-refractivity contribution in [2.45, 2.75) is 37.5 Å². The van der Waals surface area contributed by atoms with E-state index in [2.05, 4.69) is 85.1 Å². The van der Waals surface area contributed by atoms with E-state index in [1.54, 1.807) is 0 Å². The SMILES string of the molecule is c1ccc(-c2nc(-c3cccc(-c4cccc5c4oc4ccccc45)c3)nc(-c3cnc4c(c3)C3(c5cnccc5-4)C4CC5CC(C4)CC3C5)n2)cc1. The minimum Gasteiger partial charge on any atom is -0.455 e. The molecule has 5 aliphatic rings. The van der Waals surface area contributed by atoms with Gasteiger partial charge in [-0.1, -0.05) is 84.9 Å². The van der Waals surface area contributed by atoms with Gasteiger partial charge in [-0.25, -0.2) is 15.0 Å². The van der Waals surface area contributed by atoms with E-state index in [0.717, 1.165) is 67.3 Å². The first kappa shape index (κ1) is 29.6. The van der Waals surface area contributed by atoms with Crippen molar-refractivity contribution in [2.75, 3.05) is 0 Å². The molecule has 4 heterocycles. The van der Waals surface area contributed by atoms with Crippen LogP contribution in [0.2, 0.25) is 0 Å². The van der Waals surface area contributed by atoms with Crippen LogP contribution in [0.3, 0.4) is 0 Å². The Morgan fingerprint density at radius 1 is 0.528 bits per heavy atom. The number of nitrogens with zero attached hydrogens (tertiary/aromatic N) is 5. The lowest BCUT2D eigenvalue weighted by molar-refractivity contribution is -0.0401. The number of benzene rings is 4. The van der Waals surface area contributed by atoms with Crippen LogP contribution in [-0.2, 0) is 5.41 Å². The van der Waals surface area contributed by atoms with E-state index >= 15 is 0 Å². The Labute approximate surface area is 307 Å². The quantitative estimate of drug-likeness (QED) is 0.183. The van der Waals surface area contributed by atoms with Gasteiger partial charge in [0.1, 0.15) is 11.2 Å². The molecule has 8 aromatic rings. The van der Waals surface area contributed by atoms with Crippen LogP contribution >= 0.6 is 0 Å². The molecule has 0 unspecified atom stereocenters. The largest absolute Gasteiger partial charge is 0.455 e. The summed E-state index contributed by atoms with van der Waals surface area (Å²) in [5.41, 5.74) is 11.7. The fourth-order valence-electron chi connectivity index (χ4n) is 11.2. The van der Waals surface area contributed by atoms with Gasteiger partial charge in [0.15, 0.2) is 17.5 Å². The highest BCUT2D eigenvalue weighted by atomic mass is 16.3. The zero-order chi connectivity index (χ0) is 34.7. The molecule has 0 amide bonds. The summed E-state index contributed by atoms with van der Waals surface area (Å²) in [5, 5.41) is 2.23. The van der Waals surface area contributed by atoms with E-state index in [0.29, 0.717) is 29.3 Å². The molecule has 0 N–H and O–H groups in total. The van der Waals surface area contributed by atoms with Crippen LogP contribution < -0.4 is 0 Å². The molecule has 4 saturated carbocycles. The van der Waals surface area contributed by atoms with Gasteiger partial charge in [-0.2, -0.15) is 0 Å². The number of aromatic nitrogens is 5. The van der Waals surface area contributed by atoms with Gasteiger partial charge < -0.3 is 4.42 Å². The third kappa shape index (κ3) is 4.23. The van der Waals surface area contributed by atoms with Crippen molar-refractivity contribution in [3.05, 3.63) is 139 Å². The average molecular weight is 686 g/mol. The molecule has 254 valence electrons. The minimum atomic E-state index is -0.0422. The Morgan fingerprint density at radius 3 is 2.04 bits per heavy atom. The molecule has 6 heteroatoms. The number of furan rings is 1. The smallest absolute Gasteiger partial charge is 0.165 e. The van der Waals surface area contributed by atoms with E-state index in [9.17, 15) is 0 Å². The topological polar surface area (TPSA) is 77.6 Å². The molecule has 13 rings (SSSR count). The summed E-state index contributed by atoms with van der Waals surface area (Å²) in [4.78, 5) is 25.5. The van der Waals surface area contributed by atoms with Gasteiger partial charge >= 0.3 is 0 Å². The first-order chi connectivity index (χ1) is 26.2. The van der Waals surface area contributed by atoms with E-state index < -0.39 is 0 Å². The second-order valence-electron chi connectivity index (χ2n) is 15.7. The van der Waals surface area contributed by atoms with Gasteiger partial charge in [-0.3, -0.25) is 9.97 Å². The van der Waals surface area contributed by atoms with Crippen molar-refractivity contribution in [1.29, 1.82) is 0 Å². The van der Waals surface area contributed by atoms with Gasteiger partial charge in [0.2, 0.25) is 0 Å². The van der Waals surface area contributed by atoms with Crippen molar-refractivity contribution >= 4 is 21.9 Å². The van der Waals surface area contributed by atoms with Crippen LogP contribution in [0.4, 0.5) is 0 Å². The number of fused-ring (bicyclic) bond motifs is 6. The van der Waals surface area contributed by atoms with Crippen LogP contribution in [-0.4, -0.2) is 24.9 Å². The molecule has 1 spiro atoms. The number of hydrogen-bond donors (Lipinski definition) is 0. The molecule has 0 radical (unpaired) electrons. The molecule has 4 aromatic heterocycles. The molecule has 5 aliphatic carbocycles. The van der Waals surface area contributed by atoms with Crippen LogP contribution in [0.1, 0.15) is 43.2 Å². The summed E-state index contributed by atoms with van der Waals surface area (Å²) in [5.74, 6) is 4.87. The van der Waals surface area contributed by atoms with Gasteiger partial charge in [0.25, 0.3) is 0 Å². The second-order valence-corrected chi connectivity index (χ2v) is 15.7. The molecule has 4 aromatic carbocycles. The summed E-state index contributed by atoms with van der Waals surface area (Å²) in [6, 6.07) is 37.8. The number of para-hydroxylation sites is 2. The van der Waals surface area contributed by atoms with Gasteiger partial charge in [-0.15, -0.1) is 0 Å². The van der Waals surface area contributed by atoms with Crippen molar-refractivity contribution in [1.82, 2.24) is 24.9 Å². The first-order valence-corrected chi connectivity index (χ1v) is 19.0. The first-order valence-electron chi connectivity index (χ1n) is 19.0. The van der Waals surface area contributed by atoms with E-state index in [4.69, 9.17) is 29.3 Å². The molecule has 4 fully saturated rings. The number of rotatable bonds is 4. The van der Waals surface area contributed by atoms with Gasteiger partial charge in [-0.05, 0) is 96.7 Å². The standard InChI is InChI=1S/C47H35N5O/c1-2-8-29(9-3-1)44-50-45(31-11-6-10-30(23-31)35-13-7-14-37-36-12-4-5-15-41(36)53-43(35)37)52-46(51-44)32-24-39-42(49-25-32)38-16-17-48-26-40(38)47(39)33-19-27-18-28(21-33)22-34(47)20-27/h1-17,23-28,33-34H,18-22H2. The third-order valence-electron chi connectivity index (χ3n) is 13.0. The van der Waals surface area contributed by atoms with Crippen molar-refractivity contribution in [3.8, 4) is 56.5 Å². The molecule has 0 atom stereocenters. The summed E-state index contributed by atoms with van der Waals surface area (Å²) >= 11 is 0. The van der Waals surface area contributed by atoms with Crippen LogP contribution in [0.5, 0.6) is 0 Å². The molecule has 53 heavy (non-hydrogen) atoms. The van der Waals surface area contributed by atoms with Crippen molar-refractivity contribution in [2.24, 2.45) is 23.7 Å². The Balaban J connectivity index is 1.02. The third-order valence-corrected chi connectivity index (χ3v) is 13.0. The van der Waals surface area contributed by atoms with E-state index in [1.807, 2.05) is 42.7 Å². The summed E-state index contributed by atoms with van der Waals surface area (Å²) in [6.07, 6.45) is 12.7. The van der Waals surface area contributed by atoms with Crippen LogP contribution in [0, 0.1) is 23.7 Å². The van der Waals surface area contributed by atoms with Crippen molar-refractivity contribution < 1.29 is 4.42 Å². The summed E-state index contributed by atoms with van der Waals surface area (Å²) in [6.45, 7) is 0. The average Bonchev–Trinajstić information content (AvgIpc) is 3.74. The maximum atomic E-state index is 6.43. The molecular formula is C47H35N5O. The zero-order valence-corrected chi connectivity index (χ0v) is 29.1. The molecule has 0 saturated heterocycles. The van der Waals surface area contributed by atoms with Gasteiger partial charge in [0.05, 0.1) is 5.69 Å². The molecular weight excluding hydrogens is 651 g/mol. The monoisotopic (exact) mass is 685 g/mol. The predicted molar refractivity (Wildman–Crippen MR) is 208 cm³/mol. The zero-order valence-electron chi connectivity index (χ0n) is 29.1. The highest BCUT2D eigenvalue weighted by Gasteiger charge is 2.62. The van der Waals surface area contributed by atoms with E-state index in [1.165, 1.54) is 48.8 Å². The maximum Gasteiger partial charge on any atom is 0.165 e. The lowest BCUT2D eigenvalue weighted by Crippen LogP contribution is -2.55. The predicted octanol–water partition coefficient (Wildman–Crippen LogP) is 11.0. The van der Waals surface area contributed by atoms with Crippen LogP contribution in [0.15, 0.2) is 132 Å². The highest BCUT2D eigenvalue weighted by molar-refractivity contribution is 6.09. The Kier molecular flexibility index (Phi) is 6.13. The summed E-state index contributed by atoms with van der Waals surface area (Å²) < 4.78 is 6.43. The number of pyridine rings is 2. The Bertz CT molecular complexity index is 2740. The van der Waals surface area contributed by atoms with Crippen LogP contribution in [0.25, 0.3) is 78.5 Å². The normalized spacial score (nSPS) is 23.5. The van der Waals surface area contributed by atoms with Gasteiger partial charge in [0, 0.05) is 62.6 Å². The fourth-order valence-corrected chi connectivity index (χ4v) is 11.2. The molecule has 4 bridgehead atoms. The second kappa shape index (κ2) is 11.0. The maximum absolute atomic E-state index is 6.43.